The predicted octanol–water partition coefficient (Wildman–Crippen LogP) is 4.34. The van der Waals surface area contributed by atoms with E-state index in [2.05, 4.69) is 5.32 Å². The molecule has 1 aliphatic heterocycles. The third-order valence-corrected chi connectivity index (χ3v) is 5.27. The first kappa shape index (κ1) is 22.3. The van der Waals surface area contributed by atoms with E-state index in [4.69, 9.17) is 9.47 Å². The lowest BCUT2D eigenvalue weighted by Gasteiger charge is -2.39. The van der Waals surface area contributed by atoms with Crippen LogP contribution in [0.5, 0.6) is 0 Å². The van der Waals surface area contributed by atoms with Crippen LogP contribution in [0.25, 0.3) is 0 Å². The van der Waals surface area contributed by atoms with Crippen molar-refractivity contribution in [1.82, 2.24) is 0 Å². The van der Waals surface area contributed by atoms with Gasteiger partial charge in [-0.3, -0.25) is 4.79 Å². The van der Waals surface area contributed by atoms with Gasteiger partial charge in [-0.2, -0.15) is 0 Å². The molecule has 0 saturated heterocycles. The zero-order valence-electron chi connectivity index (χ0n) is 18.3. The van der Waals surface area contributed by atoms with Gasteiger partial charge in [0.2, 0.25) is 5.91 Å². The summed E-state index contributed by atoms with van der Waals surface area (Å²) >= 11 is 0. The minimum absolute atomic E-state index is 0.0188. The fourth-order valence-electron chi connectivity index (χ4n) is 3.94. The molecule has 0 fully saturated rings. The Kier molecular flexibility index (Phi) is 6.95. The summed E-state index contributed by atoms with van der Waals surface area (Å²) in [5.74, 6) is -0.799. The zero-order chi connectivity index (χ0) is 22.5. The van der Waals surface area contributed by atoms with Crippen molar-refractivity contribution in [2.45, 2.75) is 46.2 Å². The Morgan fingerprint density at radius 3 is 2.13 bits per heavy atom. The van der Waals surface area contributed by atoms with Gasteiger partial charge in [-0.05, 0) is 75.2 Å². The summed E-state index contributed by atoms with van der Waals surface area (Å²) < 4.78 is 10.2. The summed E-state index contributed by atoms with van der Waals surface area (Å²) in [6.45, 7) is 7.69. The fourth-order valence-corrected chi connectivity index (χ4v) is 3.94. The van der Waals surface area contributed by atoms with Crippen LogP contribution in [0.2, 0.25) is 0 Å². The quantitative estimate of drug-likeness (QED) is 0.695. The molecule has 2 unspecified atom stereocenters. The number of rotatable bonds is 6. The number of carbonyl (C=O) groups is 3. The van der Waals surface area contributed by atoms with Crippen LogP contribution < -0.4 is 10.2 Å². The topological polar surface area (TPSA) is 84.9 Å². The number of amides is 1. The van der Waals surface area contributed by atoms with Crippen molar-refractivity contribution in [2.75, 3.05) is 23.4 Å². The summed E-state index contributed by atoms with van der Waals surface area (Å²) in [6.07, 6.45) is 0.665. The predicted molar refractivity (Wildman–Crippen MR) is 118 cm³/mol. The lowest BCUT2D eigenvalue weighted by atomic mass is 9.90. The molecule has 1 heterocycles. The second-order valence-electron chi connectivity index (χ2n) is 7.46. The van der Waals surface area contributed by atoms with E-state index >= 15 is 0 Å². The molecule has 0 saturated carbocycles. The van der Waals surface area contributed by atoms with Crippen LogP contribution in [0.3, 0.4) is 0 Å². The molecule has 0 aliphatic carbocycles. The molecule has 2 aromatic carbocycles. The third-order valence-electron chi connectivity index (χ3n) is 5.27. The van der Waals surface area contributed by atoms with Crippen molar-refractivity contribution < 1.29 is 23.9 Å². The summed E-state index contributed by atoms with van der Waals surface area (Å²) in [6, 6.07) is 12.2. The summed E-state index contributed by atoms with van der Waals surface area (Å²) in [5, 5.41) is 3.48. The molecular weight excluding hydrogens is 396 g/mol. The Hall–Kier alpha value is -3.35. The van der Waals surface area contributed by atoms with Crippen LogP contribution in [-0.4, -0.2) is 37.1 Å². The second kappa shape index (κ2) is 9.64. The Bertz CT molecular complexity index is 970. The monoisotopic (exact) mass is 424 g/mol. The Balaban J connectivity index is 1.92. The molecule has 2 atom stereocenters. The molecular formula is C24H28N2O5. The van der Waals surface area contributed by atoms with E-state index in [0.717, 1.165) is 16.9 Å². The minimum Gasteiger partial charge on any atom is -0.462 e. The van der Waals surface area contributed by atoms with E-state index in [1.54, 1.807) is 56.0 Å². The van der Waals surface area contributed by atoms with Gasteiger partial charge >= 0.3 is 11.9 Å². The number of nitrogens with one attached hydrogen (secondary N) is 1. The standard InChI is InChI=1S/C24H28N2O5/c1-5-30-23(28)17-7-10-19(11-8-17)25-21-13-15(3)26(16(4)27)22-12-9-18(14-20(21)22)24(29)31-6-2/h7-12,14-15,21,25H,5-6,13H2,1-4H3. The Morgan fingerprint density at radius 1 is 0.968 bits per heavy atom. The number of carbonyl (C=O) groups excluding carboxylic acids is 3. The van der Waals surface area contributed by atoms with Crippen LogP contribution >= 0.6 is 0 Å². The van der Waals surface area contributed by atoms with Crippen LogP contribution in [0.1, 0.15) is 66.4 Å². The molecule has 0 spiro atoms. The van der Waals surface area contributed by atoms with E-state index in [9.17, 15) is 14.4 Å². The molecule has 0 radical (unpaired) electrons. The number of nitrogens with zero attached hydrogens (tertiary/aromatic N) is 1. The number of esters is 2. The number of hydrogen-bond acceptors (Lipinski definition) is 6. The number of hydrogen-bond donors (Lipinski definition) is 1. The van der Waals surface area contributed by atoms with Gasteiger partial charge in [-0.1, -0.05) is 0 Å². The normalized spacial score (nSPS) is 17.5. The third kappa shape index (κ3) is 4.87. The van der Waals surface area contributed by atoms with E-state index < -0.39 is 5.97 Å². The van der Waals surface area contributed by atoms with Crippen molar-refractivity contribution >= 4 is 29.2 Å². The number of fused-ring (bicyclic) bond motifs is 1. The molecule has 1 N–H and O–H groups in total. The highest BCUT2D eigenvalue weighted by Gasteiger charge is 2.33. The second-order valence-corrected chi connectivity index (χ2v) is 7.46. The van der Waals surface area contributed by atoms with Crippen molar-refractivity contribution in [3.05, 3.63) is 59.2 Å². The molecule has 31 heavy (non-hydrogen) atoms. The summed E-state index contributed by atoms with van der Waals surface area (Å²) in [7, 11) is 0. The maximum absolute atomic E-state index is 12.3. The van der Waals surface area contributed by atoms with Crippen molar-refractivity contribution in [1.29, 1.82) is 0 Å². The first-order valence-corrected chi connectivity index (χ1v) is 10.5. The van der Waals surface area contributed by atoms with E-state index in [-0.39, 0.29) is 24.0 Å². The highest BCUT2D eigenvalue weighted by atomic mass is 16.5. The molecule has 0 aromatic heterocycles. The van der Waals surface area contributed by atoms with E-state index in [1.807, 2.05) is 19.1 Å². The molecule has 1 amide bonds. The lowest BCUT2D eigenvalue weighted by molar-refractivity contribution is -0.117. The average molecular weight is 424 g/mol. The average Bonchev–Trinajstić information content (AvgIpc) is 2.74. The molecule has 3 rings (SSSR count). The van der Waals surface area contributed by atoms with Gasteiger partial charge in [0, 0.05) is 24.3 Å². The molecule has 1 aliphatic rings. The first-order chi connectivity index (χ1) is 14.8. The maximum atomic E-state index is 12.3. The molecule has 0 bridgehead atoms. The smallest absolute Gasteiger partial charge is 0.338 e. The summed E-state index contributed by atoms with van der Waals surface area (Å²) in [5.41, 5.74) is 3.39. The minimum atomic E-state index is -0.393. The number of anilines is 2. The SMILES string of the molecule is CCOC(=O)c1ccc(NC2CC(C)N(C(C)=O)c3ccc(C(=O)OCC)cc32)cc1. The molecule has 7 nitrogen and oxygen atoms in total. The lowest BCUT2D eigenvalue weighted by Crippen LogP contribution is -2.43. The molecule has 2 aromatic rings. The van der Waals surface area contributed by atoms with Gasteiger partial charge in [0.25, 0.3) is 0 Å². The van der Waals surface area contributed by atoms with E-state index in [1.165, 1.54) is 0 Å². The van der Waals surface area contributed by atoms with Crippen molar-refractivity contribution in [3.8, 4) is 0 Å². The van der Waals surface area contributed by atoms with Gasteiger partial charge in [0.05, 0.1) is 30.4 Å². The van der Waals surface area contributed by atoms with Crippen LogP contribution in [-0.2, 0) is 14.3 Å². The zero-order valence-corrected chi connectivity index (χ0v) is 18.3. The highest BCUT2D eigenvalue weighted by Crippen LogP contribution is 2.39. The van der Waals surface area contributed by atoms with Crippen LogP contribution in [0.4, 0.5) is 11.4 Å². The first-order valence-electron chi connectivity index (χ1n) is 10.5. The van der Waals surface area contributed by atoms with Crippen LogP contribution in [0, 0.1) is 0 Å². The largest absolute Gasteiger partial charge is 0.462 e. The van der Waals surface area contributed by atoms with Crippen LogP contribution in [0.15, 0.2) is 42.5 Å². The number of benzene rings is 2. The summed E-state index contributed by atoms with van der Waals surface area (Å²) in [4.78, 5) is 38.2. The van der Waals surface area contributed by atoms with Gasteiger partial charge in [-0.15, -0.1) is 0 Å². The number of ether oxygens (including phenoxy) is 2. The van der Waals surface area contributed by atoms with Gasteiger partial charge < -0.3 is 19.7 Å². The maximum Gasteiger partial charge on any atom is 0.338 e. The Labute approximate surface area is 182 Å². The van der Waals surface area contributed by atoms with Crippen molar-refractivity contribution in [3.63, 3.8) is 0 Å². The highest BCUT2D eigenvalue weighted by molar-refractivity contribution is 5.96. The molecule has 164 valence electrons. The van der Waals surface area contributed by atoms with Crippen molar-refractivity contribution in [2.24, 2.45) is 0 Å². The van der Waals surface area contributed by atoms with Gasteiger partial charge in [-0.25, -0.2) is 9.59 Å². The van der Waals surface area contributed by atoms with E-state index in [0.29, 0.717) is 30.8 Å². The fraction of sp³-hybridized carbons (Fsp3) is 0.375. The van der Waals surface area contributed by atoms with Gasteiger partial charge in [0.15, 0.2) is 0 Å². The molecule has 7 heteroatoms. The Morgan fingerprint density at radius 2 is 1.55 bits per heavy atom. The van der Waals surface area contributed by atoms with Gasteiger partial charge in [0.1, 0.15) is 0 Å².